The molecule has 0 saturated carbocycles. The highest BCUT2D eigenvalue weighted by atomic mass is 19.1. The van der Waals surface area contributed by atoms with Gasteiger partial charge in [0.2, 0.25) is 5.91 Å². The van der Waals surface area contributed by atoms with Crippen molar-refractivity contribution < 1.29 is 18.4 Å². The van der Waals surface area contributed by atoms with E-state index in [1.807, 2.05) is 19.1 Å². The van der Waals surface area contributed by atoms with Crippen molar-refractivity contribution in [3.05, 3.63) is 71.8 Å². The molecule has 0 spiro atoms. The second-order valence-electron chi connectivity index (χ2n) is 9.73. The minimum atomic E-state index is -0.649. The van der Waals surface area contributed by atoms with Crippen molar-refractivity contribution in [3.63, 3.8) is 0 Å². The third-order valence-electron chi connectivity index (χ3n) is 7.48. The van der Waals surface area contributed by atoms with Gasteiger partial charge in [-0.15, -0.1) is 0 Å². The number of fused-ring (bicyclic) bond motifs is 1. The van der Waals surface area contributed by atoms with Gasteiger partial charge in [-0.1, -0.05) is 13.0 Å². The van der Waals surface area contributed by atoms with E-state index in [1.54, 1.807) is 27.9 Å². The van der Waals surface area contributed by atoms with E-state index in [1.165, 1.54) is 12.1 Å². The van der Waals surface area contributed by atoms with Gasteiger partial charge < -0.3 is 10.2 Å². The van der Waals surface area contributed by atoms with Crippen LogP contribution >= 0.6 is 0 Å². The summed E-state index contributed by atoms with van der Waals surface area (Å²) >= 11 is 0. The first-order valence-corrected chi connectivity index (χ1v) is 12.7. The number of carbonyl (C=O) groups is 2. The molecule has 7 nitrogen and oxygen atoms in total. The lowest BCUT2D eigenvalue weighted by atomic mass is 9.84. The number of nitrogens with zero attached hydrogens (tertiary/aromatic N) is 4. The first kappa shape index (κ1) is 24.4. The molecule has 2 fully saturated rings. The quantitative estimate of drug-likeness (QED) is 0.568. The summed E-state index contributed by atoms with van der Waals surface area (Å²) in [6.45, 7) is 4.41. The lowest BCUT2D eigenvalue weighted by Crippen LogP contribution is -2.56. The van der Waals surface area contributed by atoms with Crippen molar-refractivity contribution in [2.45, 2.75) is 50.6 Å². The fraction of sp³-hybridized carbons (Fsp3) is 0.444. The number of carbonyl (C=O) groups excluding carboxylic acids is 2. The maximum atomic E-state index is 14.1. The molecule has 0 unspecified atom stereocenters. The van der Waals surface area contributed by atoms with E-state index in [-0.39, 0.29) is 30.3 Å². The molecule has 5 rings (SSSR count). The summed E-state index contributed by atoms with van der Waals surface area (Å²) in [6, 6.07) is 8.21. The van der Waals surface area contributed by atoms with Crippen molar-refractivity contribution in [2.24, 2.45) is 0 Å². The van der Waals surface area contributed by atoms with Crippen LogP contribution in [0.25, 0.3) is 5.52 Å². The van der Waals surface area contributed by atoms with Crippen molar-refractivity contribution in [1.82, 2.24) is 24.5 Å². The molecular formula is C27H31F2N5O2. The number of piperidine rings is 1. The molecule has 0 aliphatic carbocycles. The number of hydrogen-bond acceptors (Lipinski definition) is 4. The van der Waals surface area contributed by atoms with Crippen LogP contribution in [0.2, 0.25) is 0 Å². The predicted molar refractivity (Wildman–Crippen MR) is 132 cm³/mol. The molecule has 36 heavy (non-hydrogen) atoms. The van der Waals surface area contributed by atoms with Crippen LogP contribution in [0.15, 0.2) is 48.9 Å². The molecule has 2 aliphatic heterocycles. The summed E-state index contributed by atoms with van der Waals surface area (Å²) in [7, 11) is 0. The van der Waals surface area contributed by atoms with Crippen molar-refractivity contribution in [3.8, 4) is 0 Å². The number of benzene rings is 1. The number of halogens is 2. The van der Waals surface area contributed by atoms with Gasteiger partial charge in [0.1, 0.15) is 17.3 Å². The number of aromatic nitrogens is 2. The molecule has 4 heterocycles. The van der Waals surface area contributed by atoms with Gasteiger partial charge in [-0.25, -0.2) is 13.8 Å². The SMILES string of the molecule is CC[C@H](C(=O)N[C@@H]1CN(C(=O)c2cccc3cncn23)CC[C@H]1c1cc(F)cc(F)c1)N1CCCC1. The number of pyridine rings is 1. The predicted octanol–water partition coefficient (Wildman–Crippen LogP) is 3.60. The van der Waals surface area contributed by atoms with E-state index in [0.29, 0.717) is 30.6 Å². The smallest absolute Gasteiger partial charge is 0.270 e. The van der Waals surface area contributed by atoms with Crippen molar-refractivity contribution in [2.75, 3.05) is 26.2 Å². The molecule has 2 saturated heterocycles. The number of imidazole rings is 1. The van der Waals surface area contributed by atoms with Crippen LogP contribution in [0.3, 0.4) is 0 Å². The zero-order chi connectivity index (χ0) is 25.2. The van der Waals surface area contributed by atoms with E-state index >= 15 is 0 Å². The van der Waals surface area contributed by atoms with Gasteiger partial charge in [0, 0.05) is 25.1 Å². The Hall–Kier alpha value is -3.33. The Morgan fingerprint density at radius 2 is 1.86 bits per heavy atom. The van der Waals surface area contributed by atoms with Gasteiger partial charge in [0.05, 0.1) is 30.1 Å². The van der Waals surface area contributed by atoms with E-state index in [2.05, 4.69) is 15.2 Å². The number of nitrogens with one attached hydrogen (secondary N) is 1. The summed E-state index contributed by atoms with van der Waals surface area (Å²) in [5.41, 5.74) is 1.79. The Kier molecular flexibility index (Phi) is 7.00. The lowest BCUT2D eigenvalue weighted by molar-refractivity contribution is -0.127. The molecule has 0 radical (unpaired) electrons. The summed E-state index contributed by atoms with van der Waals surface area (Å²) in [4.78, 5) is 35.0. The summed E-state index contributed by atoms with van der Waals surface area (Å²) < 4.78 is 29.9. The third-order valence-corrected chi connectivity index (χ3v) is 7.48. The van der Waals surface area contributed by atoms with Crippen LogP contribution in [0.1, 0.15) is 54.6 Å². The molecule has 2 amide bonds. The van der Waals surface area contributed by atoms with Gasteiger partial charge in [-0.3, -0.25) is 18.9 Å². The van der Waals surface area contributed by atoms with Crippen LogP contribution in [-0.4, -0.2) is 69.3 Å². The Labute approximate surface area is 209 Å². The number of amides is 2. The largest absolute Gasteiger partial charge is 0.350 e. The maximum absolute atomic E-state index is 14.1. The number of rotatable bonds is 6. The van der Waals surface area contributed by atoms with E-state index < -0.39 is 17.7 Å². The normalized spacial score (nSPS) is 21.6. The highest BCUT2D eigenvalue weighted by Gasteiger charge is 2.37. The average molecular weight is 496 g/mol. The van der Waals surface area contributed by atoms with Crippen LogP contribution in [0.4, 0.5) is 8.78 Å². The Balaban J connectivity index is 1.42. The lowest BCUT2D eigenvalue weighted by Gasteiger charge is -2.40. The van der Waals surface area contributed by atoms with Crippen molar-refractivity contribution >= 4 is 17.3 Å². The Morgan fingerprint density at radius 3 is 2.58 bits per heavy atom. The van der Waals surface area contributed by atoms with Crippen LogP contribution < -0.4 is 5.32 Å². The molecule has 3 atom stereocenters. The third kappa shape index (κ3) is 4.84. The summed E-state index contributed by atoms with van der Waals surface area (Å²) in [5, 5.41) is 3.16. The van der Waals surface area contributed by atoms with Gasteiger partial charge in [-0.05, 0) is 68.6 Å². The molecule has 9 heteroatoms. The monoisotopic (exact) mass is 495 g/mol. The topological polar surface area (TPSA) is 70.0 Å². The van der Waals surface area contributed by atoms with Gasteiger partial charge in [0.15, 0.2) is 0 Å². The minimum Gasteiger partial charge on any atom is -0.350 e. The van der Waals surface area contributed by atoms with Crippen molar-refractivity contribution in [1.29, 1.82) is 0 Å². The summed E-state index contributed by atoms with van der Waals surface area (Å²) in [5.74, 6) is -1.89. The first-order chi connectivity index (χ1) is 17.4. The standard InChI is InChI=1S/C27H31F2N5O2/c1-2-24(32-9-3-4-10-32)26(35)31-23-16-33(11-8-22(23)18-12-19(28)14-20(29)13-18)27(36)25-7-5-6-21-15-30-17-34(21)25/h5-7,12-15,17,22-24H,2-4,8-11,16H2,1H3,(H,31,35)/t22-,23+,24+/m0/s1. The highest BCUT2D eigenvalue weighted by Crippen LogP contribution is 2.31. The fourth-order valence-electron chi connectivity index (χ4n) is 5.70. The Morgan fingerprint density at radius 1 is 1.11 bits per heavy atom. The minimum absolute atomic E-state index is 0.0997. The van der Waals surface area contributed by atoms with E-state index in [0.717, 1.165) is 37.5 Å². The second kappa shape index (κ2) is 10.3. The molecule has 190 valence electrons. The Bertz CT molecular complexity index is 1240. The molecule has 3 aromatic rings. The van der Waals surface area contributed by atoms with Crippen LogP contribution in [0.5, 0.6) is 0 Å². The average Bonchev–Trinajstić information content (AvgIpc) is 3.56. The molecular weight excluding hydrogens is 464 g/mol. The zero-order valence-electron chi connectivity index (χ0n) is 20.4. The zero-order valence-corrected chi connectivity index (χ0v) is 20.4. The number of likely N-dealkylation sites (tertiary alicyclic amines) is 2. The molecule has 2 aliphatic rings. The van der Waals surface area contributed by atoms with E-state index in [4.69, 9.17) is 0 Å². The molecule has 2 aromatic heterocycles. The molecule has 1 aromatic carbocycles. The fourth-order valence-corrected chi connectivity index (χ4v) is 5.70. The summed E-state index contributed by atoms with van der Waals surface area (Å²) in [6.07, 6.45) is 6.57. The molecule has 0 bridgehead atoms. The van der Waals surface area contributed by atoms with Gasteiger partial charge in [0.25, 0.3) is 5.91 Å². The van der Waals surface area contributed by atoms with Gasteiger partial charge >= 0.3 is 0 Å². The number of hydrogen-bond donors (Lipinski definition) is 1. The van der Waals surface area contributed by atoms with Gasteiger partial charge in [-0.2, -0.15) is 0 Å². The van der Waals surface area contributed by atoms with E-state index in [9.17, 15) is 18.4 Å². The maximum Gasteiger partial charge on any atom is 0.270 e. The second-order valence-corrected chi connectivity index (χ2v) is 9.73. The molecule has 1 N–H and O–H groups in total. The van der Waals surface area contributed by atoms with Crippen LogP contribution in [0, 0.1) is 11.6 Å². The highest BCUT2D eigenvalue weighted by molar-refractivity contribution is 5.93. The van der Waals surface area contributed by atoms with Crippen LogP contribution in [-0.2, 0) is 4.79 Å². The first-order valence-electron chi connectivity index (χ1n) is 12.7.